The molecule has 3 aliphatic rings. The Kier molecular flexibility index (Phi) is 9.21. The molecule has 14 heteroatoms. The second kappa shape index (κ2) is 13.4. The van der Waals surface area contributed by atoms with Gasteiger partial charge in [-0.3, -0.25) is 19.6 Å². The van der Waals surface area contributed by atoms with Crippen LogP contribution in [0.1, 0.15) is 74.6 Å². The van der Waals surface area contributed by atoms with E-state index in [1.165, 1.54) is 0 Å². The van der Waals surface area contributed by atoms with Crippen LogP contribution in [0.3, 0.4) is 0 Å². The summed E-state index contributed by atoms with van der Waals surface area (Å²) in [5.41, 5.74) is 3.51. The van der Waals surface area contributed by atoms with Crippen LogP contribution in [0.2, 0.25) is 0 Å². The number of carbonyl (C=O) groups is 4. The minimum atomic E-state index is -1.90. The number of aryl methyl sites for hydroxylation is 1. The third-order valence-electron chi connectivity index (χ3n) is 9.65. The van der Waals surface area contributed by atoms with Crippen molar-refractivity contribution in [3.05, 3.63) is 56.9 Å². The predicted octanol–water partition coefficient (Wildman–Crippen LogP) is 2.74. The number of piperazine rings is 1. The number of ether oxygens (including phenoxy) is 2. The number of unbranched alkanes of at least 4 members (excludes halogenated alkanes) is 2. The normalized spacial score (nSPS) is 18.2. The fourth-order valence-corrected chi connectivity index (χ4v) is 6.86. The van der Waals surface area contributed by atoms with Gasteiger partial charge in [-0.2, -0.15) is 0 Å². The first-order chi connectivity index (χ1) is 23.1. The van der Waals surface area contributed by atoms with Gasteiger partial charge in [0.05, 0.1) is 29.0 Å². The Labute approximate surface area is 276 Å². The van der Waals surface area contributed by atoms with E-state index in [0.717, 1.165) is 16.5 Å². The fraction of sp³-hybridized carbons (Fsp3) is 0.471. The Bertz CT molecular complexity index is 1860. The van der Waals surface area contributed by atoms with Crippen molar-refractivity contribution in [2.24, 2.45) is 0 Å². The van der Waals surface area contributed by atoms with Gasteiger partial charge in [0.1, 0.15) is 12.4 Å². The van der Waals surface area contributed by atoms with Crippen LogP contribution in [0.25, 0.3) is 22.3 Å². The topological polar surface area (TPSA) is 181 Å². The molecular formula is C34H39N5O9. The highest BCUT2D eigenvalue weighted by molar-refractivity contribution is 5.90. The van der Waals surface area contributed by atoms with E-state index in [9.17, 15) is 29.1 Å². The van der Waals surface area contributed by atoms with Crippen molar-refractivity contribution in [3.63, 3.8) is 0 Å². The molecule has 6 rings (SSSR count). The van der Waals surface area contributed by atoms with Crippen molar-refractivity contribution in [3.8, 4) is 17.1 Å². The summed E-state index contributed by atoms with van der Waals surface area (Å²) in [6.07, 6.45) is 2.67. The molecule has 48 heavy (non-hydrogen) atoms. The Morgan fingerprint density at radius 3 is 2.44 bits per heavy atom. The number of nitrogens with one attached hydrogen (secondary N) is 1. The van der Waals surface area contributed by atoms with Gasteiger partial charge in [-0.1, -0.05) is 20.3 Å². The average molecular weight is 662 g/mol. The van der Waals surface area contributed by atoms with Gasteiger partial charge in [-0.05, 0) is 55.5 Å². The molecule has 254 valence electrons. The van der Waals surface area contributed by atoms with Gasteiger partial charge in [-0.15, -0.1) is 0 Å². The molecule has 1 aromatic carbocycles. The number of hydrogen-bond donors (Lipinski definition) is 3. The third-order valence-corrected chi connectivity index (χ3v) is 9.65. The zero-order chi connectivity index (χ0) is 34.2. The minimum Gasteiger partial charge on any atom is -0.458 e. The van der Waals surface area contributed by atoms with E-state index in [-0.39, 0.29) is 48.6 Å². The third kappa shape index (κ3) is 5.90. The first kappa shape index (κ1) is 33.1. The average Bonchev–Trinajstić information content (AvgIpc) is 3.47. The first-order valence-electron chi connectivity index (χ1n) is 16.4. The number of hydrogen-bond acceptors (Lipinski definition) is 10. The lowest BCUT2D eigenvalue weighted by Gasteiger charge is -2.34. The van der Waals surface area contributed by atoms with Gasteiger partial charge >= 0.3 is 12.1 Å². The summed E-state index contributed by atoms with van der Waals surface area (Å²) < 4.78 is 12.5. The van der Waals surface area contributed by atoms with Crippen LogP contribution in [0.15, 0.2) is 29.1 Å². The first-order valence-corrected chi connectivity index (χ1v) is 16.4. The largest absolute Gasteiger partial charge is 0.458 e. The quantitative estimate of drug-likeness (QED) is 0.104. The molecule has 0 bridgehead atoms. The summed E-state index contributed by atoms with van der Waals surface area (Å²) in [6.45, 7) is 5.21. The Hall–Kier alpha value is -4.82. The number of hydroxylamine groups is 1. The molecule has 5 heterocycles. The number of esters is 1. The van der Waals surface area contributed by atoms with Crippen LogP contribution in [-0.4, -0.2) is 79.7 Å². The van der Waals surface area contributed by atoms with Crippen LogP contribution < -0.4 is 15.8 Å². The number of benzene rings is 1. The minimum absolute atomic E-state index is 0.00346. The molecular weight excluding hydrogens is 622 g/mol. The lowest BCUT2D eigenvalue weighted by molar-refractivity contribution is -0.172. The van der Waals surface area contributed by atoms with Crippen LogP contribution in [0, 0.1) is 0 Å². The van der Waals surface area contributed by atoms with Crippen molar-refractivity contribution in [2.75, 3.05) is 26.2 Å². The molecule has 1 atom stereocenters. The smallest absolute Gasteiger partial charge is 0.415 e. The number of cyclic esters (lactones) is 1. The number of aromatic nitrogens is 2. The number of carbonyl (C=O) groups excluding carboxylic acids is 4. The van der Waals surface area contributed by atoms with E-state index in [4.69, 9.17) is 19.7 Å². The SMILES string of the molecule is CCc1c2c(nc3ccc(OC(=O)N4CCN(C(=O)CCCCCC(=O)NO)CC4)cc13)-c1cc3c(c(=O)n1C2)COC(=O)[C@]3(O)CC. The summed E-state index contributed by atoms with van der Waals surface area (Å²) >= 11 is 0. The summed E-state index contributed by atoms with van der Waals surface area (Å²) in [5, 5.41) is 20.5. The van der Waals surface area contributed by atoms with Gasteiger partial charge in [0.25, 0.3) is 5.56 Å². The van der Waals surface area contributed by atoms with Crippen LogP contribution >= 0.6 is 0 Å². The van der Waals surface area contributed by atoms with Crippen LogP contribution in [-0.2, 0) is 44.3 Å². The lowest BCUT2D eigenvalue weighted by atomic mass is 9.86. The standard InChI is InChI=1S/C34H39N5O9/c1-3-21-22-16-20(48-33(44)38-14-12-37(13-15-38)29(41)9-7-5-6-8-28(40)36-46)10-11-26(22)35-30-23(21)18-39-27(30)17-25-24(31(39)42)19-47-32(43)34(25,45)4-2/h10-11,16-17,45-46H,3-9,12-15,18-19H2,1-2H3,(H,36,40)/t34-/m0/s1. The highest BCUT2D eigenvalue weighted by Crippen LogP contribution is 2.40. The fourth-order valence-electron chi connectivity index (χ4n) is 6.86. The number of fused-ring (bicyclic) bond motifs is 5. The predicted molar refractivity (Wildman–Crippen MR) is 171 cm³/mol. The zero-order valence-corrected chi connectivity index (χ0v) is 27.0. The molecule has 3 aromatic rings. The summed E-state index contributed by atoms with van der Waals surface area (Å²) in [4.78, 5) is 71.1. The van der Waals surface area contributed by atoms with Crippen molar-refractivity contribution in [2.45, 2.75) is 77.5 Å². The molecule has 0 aliphatic carbocycles. The summed E-state index contributed by atoms with van der Waals surface area (Å²) in [7, 11) is 0. The second-order valence-corrected chi connectivity index (χ2v) is 12.4. The van der Waals surface area contributed by atoms with Crippen molar-refractivity contribution >= 4 is 34.8 Å². The molecule has 1 fully saturated rings. The number of aliphatic hydroxyl groups is 1. The van der Waals surface area contributed by atoms with Crippen LogP contribution in [0.5, 0.6) is 5.75 Å². The molecule has 14 nitrogen and oxygen atoms in total. The number of pyridine rings is 2. The second-order valence-electron chi connectivity index (χ2n) is 12.4. The molecule has 0 saturated carbocycles. The van der Waals surface area contributed by atoms with Gasteiger partial charge < -0.3 is 28.9 Å². The molecule has 1 saturated heterocycles. The maximum Gasteiger partial charge on any atom is 0.415 e. The van der Waals surface area contributed by atoms with Gasteiger partial charge in [-0.25, -0.2) is 20.1 Å². The molecule has 0 spiro atoms. The monoisotopic (exact) mass is 661 g/mol. The van der Waals surface area contributed by atoms with E-state index >= 15 is 0 Å². The van der Waals surface area contributed by atoms with Crippen molar-refractivity contribution in [1.29, 1.82) is 0 Å². The molecule has 3 amide bonds. The molecule has 3 N–H and O–H groups in total. The van der Waals surface area contributed by atoms with E-state index in [2.05, 4.69) is 0 Å². The van der Waals surface area contributed by atoms with Gasteiger partial charge in [0, 0.05) is 55.5 Å². The summed E-state index contributed by atoms with van der Waals surface area (Å²) in [5.74, 6) is -0.855. The maximum absolute atomic E-state index is 13.6. The van der Waals surface area contributed by atoms with E-state index in [1.54, 1.807) is 51.0 Å². The van der Waals surface area contributed by atoms with Crippen LogP contribution in [0.4, 0.5) is 4.79 Å². The number of nitrogens with zero attached hydrogens (tertiary/aromatic N) is 4. The Morgan fingerprint density at radius 1 is 1.00 bits per heavy atom. The highest BCUT2D eigenvalue weighted by Gasteiger charge is 2.45. The Morgan fingerprint density at radius 2 is 1.73 bits per heavy atom. The number of rotatable bonds is 9. The Balaban J connectivity index is 1.15. The summed E-state index contributed by atoms with van der Waals surface area (Å²) in [6, 6.07) is 6.91. The van der Waals surface area contributed by atoms with Gasteiger partial charge in [0.15, 0.2) is 5.60 Å². The van der Waals surface area contributed by atoms with Gasteiger partial charge in [0.2, 0.25) is 11.8 Å². The van der Waals surface area contributed by atoms with Crippen molar-refractivity contribution in [1.82, 2.24) is 24.8 Å². The molecule has 0 radical (unpaired) electrons. The lowest BCUT2D eigenvalue weighted by Crippen LogP contribution is -2.51. The van der Waals surface area contributed by atoms with E-state index in [0.29, 0.717) is 80.9 Å². The molecule has 2 aromatic heterocycles. The zero-order valence-electron chi connectivity index (χ0n) is 27.0. The van der Waals surface area contributed by atoms with E-state index in [1.807, 2.05) is 6.92 Å². The van der Waals surface area contributed by atoms with E-state index < -0.39 is 23.6 Å². The van der Waals surface area contributed by atoms with Crippen molar-refractivity contribution < 1.29 is 39.0 Å². The highest BCUT2D eigenvalue weighted by atomic mass is 16.6. The molecule has 3 aliphatic heterocycles. The molecule has 0 unspecified atom stereocenters. The number of amides is 3. The maximum atomic E-state index is 13.6.